The van der Waals surface area contributed by atoms with E-state index in [4.69, 9.17) is 0 Å². The lowest BCUT2D eigenvalue weighted by molar-refractivity contribution is 0.0414. The highest BCUT2D eigenvalue weighted by atomic mass is 19.1. The fourth-order valence-electron chi connectivity index (χ4n) is 2.26. The number of halogens is 1. The van der Waals surface area contributed by atoms with Crippen LogP contribution in [0.15, 0.2) is 18.3 Å². The summed E-state index contributed by atoms with van der Waals surface area (Å²) in [5.74, 6) is -0.638. The van der Waals surface area contributed by atoms with Crippen LogP contribution >= 0.6 is 0 Å². The Labute approximate surface area is 106 Å². The molecule has 1 aromatic heterocycles. The Kier molecular flexibility index (Phi) is 3.61. The Morgan fingerprint density at radius 3 is 2.44 bits per heavy atom. The third-order valence-corrected chi connectivity index (χ3v) is 3.62. The molecule has 0 N–H and O–H groups in total. The number of amides is 1. The Morgan fingerprint density at radius 1 is 1.33 bits per heavy atom. The molecule has 1 fully saturated rings. The van der Waals surface area contributed by atoms with Crippen molar-refractivity contribution in [2.45, 2.75) is 25.9 Å². The van der Waals surface area contributed by atoms with E-state index in [-0.39, 0.29) is 5.91 Å². The van der Waals surface area contributed by atoms with E-state index in [2.05, 4.69) is 30.8 Å². The molecule has 98 valence electrons. The molecule has 2 heterocycles. The average molecular weight is 251 g/mol. The lowest BCUT2D eigenvalue weighted by Gasteiger charge is -2.42. The number of carbonyl (C=O) groups excluding carboxylic acids is 1. The molecule has 2 atom stereocenters. The summed E-state index contributed by atoms with van der Waals surface area (Å²) in [6.45, 7) is 5.58. The van der Waals surface area contributed by atoms with E-state index in [1.165, 1.54) is 18.3 Å². The number of nitrogens with zero attached hydrogens (tertiary/aromatic N) is 3. The van der Waals surface area contributed by atoms with Crippen LogP contribution in [0.5, 0.6) is 0 Å². The van der Waals surface area contributed by atoms with Gasteiger partial charge in [-0.1, -0.05) is 0 Å². The highest BCUT2D eigenvalue weighted by molar-refractivity contribution is 5.94. The van der Waals surface area contributed by atoms with Crippen molar-refractivity contribution in [1.82, 2.24) is 14.8 Å². The summed E-state index contributed by atoms with van der Waals surface area (Å²) < 4.78 is 12.7. The fraction of sp³-hybridized carbons (Fsp3) is 0.538. The molecule has 18 heavy (non-hydrogen) atoms. The van der Waals surface area contributed by atoms with E-state index >= 15 is 0 Å². The summed E-state index contributed by atoms with van der Waals surface area (Å²) in [4.78, 5) is 19.8. The van der Waals surface area contributed by atoms with Gasteiger partial charge in [-0.2, -0.15) is 4.39 Å². The quantitative estimate of drug-likeness (QED) is 0.708. The lowest BCUT2D eigenvalue weighted by atomic mass is 10.1. The van der Waals surface area contributed by atoms with Gasteiger partial charge in [0.1, 0.15) is 0 Å². The van der Waals surface area contributed by atoms with Crippen molar-refractivity contribution in [3.05, 3.63) is 29.8 Å². The van der Waals surface area contributed by atoms with Gasteiger partial charge in [0.25, 0.3) is 5.91 Å². The number of piperazine rings is 1. The summed E-state index contributed by atoms with van der Waals surface area (Å²) in [6.07, 6.45) is 1.30. The van der Waals surface area contributed by atoms with Gasteiger partial charge < -0.3 is 4.90 Å². The first-order valence-electron chi connectivity index (χ1n) is 6.12. The molecule has 1 aliphatic heterocycles. The molecule has 0 radical (unpaired) electrons. The van der Waals surface area contributed by atoms with Crippen LogP contribution in [0.2, 0.25) is 0 Å². The standard InChI is InChI=1S/C13H18FN3O/c1-9-7-17(8-10(2)16(9)3)13(18)11-4-5-12(14)15-6-11/h4-6,9-10H,7-8H2,1-3H3. The van der Waals surface area contributed by atoms with Crippen LogP contribution in [0, 0.1) is 5.95 Å². The molecule has 1 aromatic rings. The molecule has 0 saturated carbocycles. The Hall–Kier alpha value is -1.49. The molecule has 0 aliphatic carbocycles. The van der Waals surface area contributed by atoms with Crippen molar-refractivity contribution in [3.63, 3.8) is 0 Å². The SMILES string of the molecule is CC1CN(C(=O)c2ccc(F)nc2)CC(C)N1C. The van der Waals surface area contributed by atoms with Gasteiger partial charge in [-0.3, -0.25) is 9.69 Å². The largest absolute Gasteiger partial charge is 0.335 e. The molecular formula is C13H18FN3O. The second-order valence-electron chi connectivity index (χ2n) is 4.94. The predicted octanol–water partition coefficient (Wildman–Crippen LogP) is 1.39. The second kappa shape index (κ2) is 5.02. The minimum Gasteiger partial charge on any atom is -0.335 e. The highest BCUT2D eigenvalue weighted by Gasteiger charge is 2.29. The van der Waals surface area contributed by atoms with Crippen molar-refractivity contribution in [2.24, 2.45) is 0 Å². The van der Waals surface area contributed by atoms with Crippen LogP contribution in [0.25, 0.3) is 0 Å². The van der Waals surface area contributed by atoms with Gasteiger partial charge in [-0.15, -0.1) is 0 Å². The normalized spacial score (nSPS) is 25.2. The third-order valence-electron chi connectivity index (χ3n) is 3.62. The van der Waals surface area contributed by atoms with Crippen molar-refractivity contribution in [2.75, 3.05) is 20.1 Å². The van der Waals surface area contributed by atoms with Crippen molar-refractivity contribution in [1.29, 1.82) is 0 Å². The first kappa shape index (κ1) is 13.0. The van der Waals surface area contributed by atoms with E-state index < -0.39 is 5.95 Å². The van der Waals surface area contributed by atoms with Crippen LogP contribution in [0.1, 0.15) is 24.2 Å². The maximum atomic E-state index is 12.7. The summed E-state index contributed by atoms with van der Waals surface area (Å²) in [5, 5.41) is 0. The smallest absolute Gasteiger partial charge is 0.255 e. The van der Waals surface area contributed by atoms with Crippen molar-refractivity contribution >= 4 is 5.91 Å². The molecule has 0 spiro atoms. The van der Waals surface area contributed by atoms with Gasteiger partial charge in [0.05, 0.1) is 5.56 Å². The van der Waals surface area contributed by atoms with Gasteiger partial charge >= 0.3 is 0 Å². The fourth-order valence-corrected chi connectivity index (χ4v) is 2.26. The number of pyridine rings is 1. The Balaban J connectivity index is 2.12. The van der Waals surface area contributed by atoms with Crippen LogP contribution in [-0.2, 0) is 0 Å². The molecule has 0 aromatic carbocycles. The van der Waals surface area contributed by atoms with Gasteiger partial charge in [0.15, 0.2) is 0 Å². The van der Waals surface area contributed by atoms with Crippen molar-refractivity contribution < 1.29 is 9.18 Å². The zero-order valence-corrected chi connectivity index (χ0v) is 10.9. The molecule has 1 amide bonds. The number of aromatic nitrogens is 1. The number of hydrogen-bond donors (Lipinski definition) is 0. The van der Waals surface area contributed by atoms with E-state index in [1.807, 2.05) is 4.90 Å². The van der Waals surface area contributed by atoms with E-state index in [9.17, 15) is 9.18 Å². The number of carbonyl (C=O) groups is 1. The van der Waals surface area contributed by atoms with Crippen LogP contribution in [-0.4, -0.2) is 52.9 Å². The van der Waals surface area contributed by atoms with E-state index in [1.54, 1.807) is 0 Å². The predicted molar refractivity (Wildman–Crippen MR) is 66.8 cm³/mol. The first-order chi connectivity index (χ1) is 8.49. The molecule has 4 nitrogen and oxygen atoms in total. The van der Waals surface area contributed by atoms with Gasteiger partial charge in [0.2, 0.25) is 5.95 Å². The topological polar surface area (TPSA) is 36.4 Å². The van der Waals surface area contributed by atoms with E-state index in [0.29, 0.717) is 30.7 Å². The third kappa shape index (κ3) is 2.51. The van der Waals surface area contributed by atoms with Gasteiger partial charge in [0, 0.05) is 31.4 Å². The van der Waals surface area contributed by atoms with Gasteiger partial charge in [-0.05, 0) is 33.0 Å². The minimum absolute atomic E-state index is 0.0747. The monoisotopic (exact) mass is 251 g/mol. The first-order valence-corrected chi connectivity index (χ1v) is 6.12. The molecule has 0 bridgehead atoms. The molecule has 2 unspecified atom stereocenters. The Bertz CT molecular complexity index is 422. The zero-order chi connectivity index (χ0) is 13.3. The molecule has 1 aliphatic rings. The maximum absolute atomic E-state index is 12.7. The van der Waals surface area contributed by atoms with E-state index in [0.717, 1.165) is 0 Å². The number of likely N-dealkylation sites (N-methyl/N-ethyl adjacent to an activating group) is 1. The summed E-state index contributed by atoms with van der Waals surface area (Å²) in [5.41, 5.74) is 0.445. The Morgan fingerprint density at radius 2 is 1.94 bits per heavy atom. The summed E-state index contributed by atoms with van der Waals surface area (Å²) >= 11 is 0. The average Bonchev–Trinajstić information content (AvgIpc) is 2.35. The van der Waals surface area contributed by atoms with Crippen LogP contribution in [0.3, 0.4) is 0 Å². The summed E-state index contributed by atoms with van der Waals surface area (Å²) in [6, 6.07) is 3.35. The minimum atomic E-state index is -0.563. The summed E-state index contributed by atoms with van der Waals surface area (Å²) in [7, 11) is 2.07. The maximum Gasteiger partial charge on any atom is 0.255 e. The second-order valence-corrected chi connectivity index (χ2v) is 4.94. The van der Waals surface area contributed by atoms with Crippen LogP contribution < -0.4 is 0 Å². The van der Waals surface area contributed by atoms with Crippen molar-refractivity contribution in [3.8, 4) is 0 Å². The number of rotatable bonds is 1. The van der Waals surface area contributed by atoms with Crippen LogP contribution in [0.4, 0.5) is 4.39 Å². The van der Waals surface area contributed by atoms with Gasteiger partial charge in [-0.25, -0.2) is 4.98 Å². The molecule has 1 saturated heterocycles. The molecule has 5 heteroatoms. The molecular weight excluding hydrogens is 233 g/mol. The highest BCUT2D eigenvalue weighted by Crippen LogP contribution is 2.15. The number of hydrogen-bond acceptors (Lipinski definition) is 3. The zero-order valence-electron chi connectivity index (χ0n) is 10.9. The molecule has 2 rings (SSSR count). The lowest BCUT2D eigenvalue weighted by Crippen LogP contribution is -2.56.